The van der Waals surface area contributed by atoms with Crippen molar-refractivity contribution in [2.75, 3.05) is 12.4 Å². The summed E-state index contributed by atoms with van der Waals surface area (Å²) in [6.45, 7) is 4.07. The lowest BCUT2D eigenvalue weighted by atomic mass is 10.2. The Hall–Kier alpha value is -2.86. The molecule has 0 aliphatic heterocycles. The lowest BCUT2D eigenvalue weighted by Crippen LogP contribution is -2.14. The highest BCUT2D eigenvalue weighted by atomic mass is 32.2. The molecule has 0 atom stereocenters. The summed E-state index contributed by atoms with van der Waals surface area (Å²) in [6, 6.07) is 13.5. The summed E-state index contributed by atoms with van der Waals surface area (Å²) < 4.78 is 18.5. The Bertz CT molecular complexity index is 992. The van der Waals surface area contributed by atoms with E-state index < -0.39 is 5.82 Å². The maximum Gasteiger partial charge on any atom is 0.258 e. The van der Waals surface area contributed by atoms with Gasteiger partial charge in [0.05, 0.1) is 18.4 Å². The van der Waals surface area contributed by atoms with Gasteiger partial charge < -0.3 is 10.1 Å². The van der Waals surface area contributed by atoms with Gasteiger partial charge in [0.25, 0.3) is 5.91 Å². The van der Waals surface area contributed by atoms with Gasteiger partial charge in [-0.25, -0.2) is 9.37 Å². The summed E-state index contributed by atoms with van der Waals surface area (Å²) in [5.41, 5.74) is 3.14. The van der Waals surface area contributed by atoms with E-state index in [2.05, 4.69) is 16.4 Å². The fourth-order valence-electron chi connectivity index (χ4n) is 2.62. The molecule has 0 unspecified atom stereocenters. The third kappa shape index (κ3) is 4.46. The molecule has 0 fully saturated rings. The SMILES string of the molecule is COc1cc(F)ccc1NC(=O)c1cccnc1Sc1ccc(C)cc1C. The molecule has 6 heteroatoms. The minimum Gasteiger partial charge on any atom is -0.494 e. The molecule has 1 aromatic heterocycles. The molecule has 4 nitrogen and oxygen atoms in total. The molecule has 2 aromatic carbocycles. The number of nitrogens with zero attached hydrogens (tertiary/aromatic N) is 1. The van der Waals surface area contributed by atoms with Gasteiger partial charge >= 0.3 is 0 Å². The zero-order valence-electron chi connectivity index (χ0n) is 15.2. The second kappa shape index (κ2) is 8.22. The third-order valence-corrected chi connectivity index (χ3v) is 5.16. The van der Waals surface area contributed by atoms with E-state index in [9.17, 15) is 9.18 Å². The van der Waals surface area contributed by atoms with Gasteiger partial charge in [0.1, 0.15) is 16.6 Å². The number of aryl methyl sites for hydroxylation is 2. The average Bonchev–Trinajstić information content (AvgIpc) is 2.65. The highest BCUT2D eigenvalue weighted by Gasteiger charge is 2.16. The Morgan fingerprint density at radius 3 is 2.70 bits per heavy atom. The van der Waals surface area contributed by atoms with Gasteiger partial charge in [-0.3, -0.25) is 4.79 Å². The van der Waals surface area contributed by atoms with Crippen molar-refractivity contribution in [3.8, 4) is 5.75 Å². The zero-order chi connectivity index (χ0) is 19.4. The number of carbonyl (C=O) groups is 1. The second-order valence-corrected chi connectivity index (χ2v) is 7.06. The molecule has 138 valence electrons. The van der Waals surface area contributed by atoms with Crippen LogP contribution >= 0.6 is 11.8 Å². The lowest BCUT2D eigenvalue weighted by molar-refractivity contribution is 0.102. The first-order valence-corrected chi connectivity index (χ1v) is 9.14. The van der Waals surface area contributed by atoms with Crippen LogP contribution in [0.5, 0.6) is 5.75 Å². The van der Waals surface area contributed by atoms with Gasteiger partial charge in [0.15, 0.2) is 0 Å². The molecule has 0 bridgehead atoms. The molecule has 27 heavy (non-hydrogen) atoms. The van der Waals surface area contributed by atoms with Crippen LogP contribution in [0.25, 0.3) is 0 Å². The molecular formula is C21H19FN2O2S. The van der Waals surface area contributed by atoms with Gasteiger partial charge in [0.2, 0.25) is 0 Å². The standard InChI is InChI=1S/C21H19FN2O2S/c1-13-6-9-19(14(2)11-13)27-21-16(5-4-10-23-21)20(25)24-17-8-7-15(22)12-18(17)26-3/h4-12H,1-3H3,(H,24,25). The molecule has 1 amide bonds. The van der Waals surface area contributed by atoms with E-state index in [0.29, 0.717) is 16.3 Å². The molecule has 0 aliphatic carbocycles. The fourth-order valence-corrected chi connectivity index (χ4v) is 3.57. The van der Waals surface area contributed by atoms with Crippen LogP contribution in [0.2, 0.25) is 0 Å². The van der Waals surface area contributed by atoms with E-state index in [1.807, 2.05) is 26.0 Å². The van der Waals surface area contributed by atoms with Gasteiger partial charge in [-0.05, 0) is 49.7 Å². The Balaban J connectivity index is 1.88. The van der Waals surface area contributed by atoms with E-state index in [0.717, 1.165) is 10.5 Å². The molecule has 3 rings (SSSR count). The van der Waals surface area contributed by atoms with Crippen molar-refractivity contribution in [1.82, 2.24) is 4.98 Å². The smallest absolute Gasteiger partial charge is 0.258 e. The first kappa shape index (κ1) is 18.9. The van der Waals surface area contributed by atoms with Crippen LogP contribution in [0.15, 0.2) is 64.6 Å². The highest BCUT2D eigenvalue weighted by molar-refractivity contribution is 7.99. The van der Waals surface area contributed by atoms with Crippen LogP contribution in [-0.4, -0.2) is 18.0 Å². The zero-order valence-corrected chi connectivity index (χ0v) is 16.1. The molecule has 0 saturated heterocycles. The summed E-state index contributed by atoms with van der Waals surface area (Å²) in [5, 5.41) is 3.37. The number of nitrogens with one attached hydrogen (secondary N) is 1. The minimum atomic E-state index is -0.433. The predicted molar refractivity (Wildman–Crippen MR) is 105 cm³/mol. The van der Waals surface area contributed by atoms with E-state index in [-0.39, 0.29) is 11.7 Å². The molecule has 0 spiro atoms. The molecule has 0 aliphatic rings. The average molecular weight is 382 g/mol. The quantitative estimate of drug-likeness (QED) is 0.655. The Kier molecular flexibility index (Phi) is 5.76. The molecule has 1 N–H and O–H groups in total. The first-order valence-electron chi connectivity index (χ1n) is 8.33. The van der Waals surface area contributed by atoms with Crippen molar-refractivity contribution in [2.24, 2.45) is 0 Å². The van der Waals surface area contributed by atoms with E-state index >= 15 is 0 Å². The van der Waals surface area contributed by atoms with Crippen LogP contribution in [0, 0.1) is 19.7 Å². The monoisotopic (exact) mass is 382 g/mol. The van der Waals surface area contributed by atoms with Gasteiger partial charge in [-0.15, -0.1) is 0 Å². The van der Waals surface area contributed by atoms with Crippen LogP contribution < -0.4 is 10.1 Å². The number of aromatic nitrogens is 1. The summed E-state index contributed by atoms with van der Waals surface area (Å²) in [6.07, 6.45) is 1.65. The van der Waals surface area contributed by atoms with E-state index in [1.54, 1.807) is 18.3 Å². The maximum absolute atomic E-state index is 13.4. The maximum atomic E-state index is 13.4. The Morgan fingerprint density at radius 2 is 1.96 bits per heavy atom. The van der Waals surface area contributed by atoms with Gasteiger partial charge in [0, 0.05) is 17.2 Å². The molecular weight excluding hydrogens is 363 g/mol. The van der Waals surface area contributed by atoms with Crippen molar-refractivity contribution in [1.29, 1.82) is 0 Å². The lowest BCUT2D eigenvalue weighted by Gasteiger charge is -2.12. The summed E-state index contributed by atoms with van der Waals surface area (Å²) in [7, 11) is 1.43. The minimum absolute atomic E-state index is 0.260. The van der Waals surface area contributed by atoms with Gasteiger partial charge in [-0.1, -0.05) is 29.5 Å². The third-order valence-electron chi connectivity index (χ3n) is 3.96. The summed E-state index contributed by atoms with van der Waals surface area (Å²) >= 11 is 1.44. The molecule has 1 heterocycles. The second-order valence-electron chi connectivity index (χ2n) is 6.03. The largest absolute Gasteiger partial charge is 0.494 e. The number of pyridine rings is 1. The topological polar surface area (TPSA) is 51.2 Å². The van der Waals surface area contributed by atoms with E-state index in [1.165, 1.54) is 42.6 Å². The molecule has 0 radical (unpaired) electrons. The number of rotatable bonds is 5. The van der Waals surface area contributed by atoms with E-state index in [4.69, 9.17) is 4.74 Å². The van der Waals surface area contributed by atoms with Crippen molar-refractivity contribution >= 4 is 23.4 Å². The Labute approximate surface area is 161 Å². The van der Waals surface area contributed by atoms with Crippen LogP contribution in [0.3, 0.4) is 0 Å². The number of halogens is 1. The number of carbonyl (C=O) groups excluding carboxylic acids is 1. The fraction of sp³-hybridized carbons (Fsp3) is 0.143. The number of methoxy groups -OCH3 is 1. The number of amides is 1. The van der Waals surface area contributed by atoms with Crippen molar-refractivity contribution in [2.45, 2.75) is 23.8 Å². The number of hydrogen-bond acceptors (Lipinski definition) is 4. The normalized spacial score (nSPS) is 10.5. The number of benzene rings is 2. The van der Waals surface area contributed by atoms with Crippen LogP contribution in [0.4, 0.5) is 10.1 Å². The predicted octanol–water partition coefficient (Wildman–Crippen LogP) is 5.25. The molecule has 0 saturated carbocycles. The number of ether oxygens (including phenoxy) is 1. The Morgan fingerprint density at radius 1 is 1.15 bits per heavy atom. The van der Waals surface area contributed by atoms with Crippen molar-refractivity contribution in [3.05, 3.63) is 77.2 Å². The summed E-state index contributed by atoms with van der Waals surface area (Å²) in [5.74, 6) is -0.506. The van der Waals surface area contributed by atoms with Crippen LogP contribution in [0.1, 0.15) is 21.5 Å². The highest BCUT2D eigenvalue weighted by Crippen LogP contribution is 2.32. The number of hydrogen-bond donors (Lipinski definition) is 1. The first-order chi connectivity index (χ1) is 13.0. The number of anilines is 1. The van der Waals surface area contributed by atoms with Crippen LogP contribution in [-0.2, 0) is 0 Å². The van der Waals surface area contributed by atoms with Crippen molar-refractivity contribution in [3.63, 3.8) is 0 Å². The molecule has 3 aromatic rings. The summed E-state index contributed by atoms with van der Waals surface area (Å²) in [4.78, 5) is 18.2. The van der Waals surface area contributed by atoms with Gasteiger partial charge in [-0.2, -0.15) is 0 Å². The van der Waals surface area contributed by atoms with Crippen molar-refractivity contribution < 1.29 is 13.9 Å².